The lowest BCUT2D eigenvalue weighted by Gasteiger charge is -2.04. The number of carboxylic acid groups (broad SMARTS) is 1. The Labute approximate surface area is 96.2 Å². The summed E-state index contributed by atoms with van der Waals surface area (Å²) in [7, 11) is 0. The maximum atomic E-state index is 12.8. The van der Waals surface area contributed by atoms with Gasteiger partial charge in [0.15, 0.2) is 0 Å². The minimum absolute atomic E-state index is 0.249. The van der Waals surface area contributed by atoms with Crippen molar-refractivity contribution in [3.05, 3.63) is 35.6 Å². The highest BCUT2D eigenvalue weighted by Crippen LogP contribution is 2.12. The van der Waals surface area contributed by atoms with Gasteiger partial charge in [-0.05, 0) is 37.0 Å². The molecule has 0 aliphatic heterocycles. The van der Waals surface area contributed by atoms with Gasteiger partial charge in [0.25, 0.3) is 0 Å². The van der Waals surface area contributed by atoms with Gasteiger partial charge in [-0.2, -0.15) is 0 Å². The van der Waals surface area contributed by atoms with Crippen LogP contribution < -0.4 is 0 Å². The molecule has 1 aromatic carbocycles. The number of hydrogen-bond acceptors (Lipinski definition) is 1. The van der Waals surface area contributed by atoms with Crippen molar-refractivity contribution in [2.24, 2.45) is 0 Å². The lowest BCUT2D eigenvalue weighted by Crippen LogP contribution is -2.12. The smallest absolute Gasteiger partial charge is 0.317 e. The van der Waals surface area contributed by atoms with Crippen LogP contribution in [0.4, 0.5) is 4.39 Å². The summed E-state index contributed by atoms with van der Waals surface area (Å²) in [5.74, 6) is -1.10. The number of carbonyl (C=O) groups is 1. The molecule has 1 unspecified atom stereocenters. The second kappa shape index (κ2) is 5.85. The molecule has 0 spiro atoms. The largest absolute Gasteiger partial charge is 0.480 e. The van der Waals surface area contributed by atoms with Gasteiger partial charge >= 0.3 is 5.97 Å². The number of benzene rings is 1. The third-order valence-electron chi connectivity index (χ3n) is 2.08. The Balaban J connectivity index is 2.35. The minimum Gasteiger partial charge on any atom is -0.480 e. The standard InChI is InChI=1S/C11H12BrFO2/c12-10(11(14)15)6-2-4-8-3-1-5-9(13)7-8/h1,3,5,7,10H,2,4,6H2,(H,14,15). The van der Waals surface area contributed by atoms with Crippen LogP contribution in [-0.4, -0.2) is 15.9 Å². The highest BCUT2D eigenvalue weighted by Gasteiger charge is 2.11. The molecule has 0 saturated carbocycles. The Morgan fingerprint density at radius 2 is 2.27 bits per heavy atom. The van der Waals surface area contributed by atoms with E-state index in [1.807, 2.05) is 6.07 Å². The monoisotopic (exact) mass is 274 g/mol. The fourth-order valence-corrected chi connectivity index (χ4v) is 1.63. The van der Waals surface area contributed by atoms with Crippen molar-refractivity contribution >= 4 is 21.9 Å². The normalized spacial score (nSPS) is 12.4. The molecule has 1 rings (SSSR count). The van der Waals surface area contributed by atoms with Gasteiger partial charge in [-0.3, -0.25) is 4.79 Å². The molecule has 2 nitrogen and oxygen atoms in total. The van der Waals surface area contributed by atoms with Gasteiger partial charge in [0.1, 0.15) is 10.6 Å². The van der Waals surface area contributed by atoms with Crippen LogP contribution in [0.1, 0.15) is 18.4 Å². The SMILES string of the molecule is O=C(O)C(Br)CCCc1cccc(F)c1. The van der Waals surface area contributed by atoms with Gasteiger partial charge < -0.3 is 5.11 Å². The molecule has 0 radical (unpaired) electrons. The first-order valence-electron chi connectivity index (χ1n) is 4.71. The predicted molar refractivity (Wildman–Crippen MR) is 59.7 cm³/mol. The fraction of sp³-hybridized carbons (Fsp3) is 0.364. The molecular weight excluding hydrogens is 263 g/mol. The van der Waals surface area contributed by atoms with E-state index in [1.54, 1.807) is 6.07 Å². The average Bonchev–Trinajstić information content (AvgIpc) is 2.17. The second-order valence-corrected chi connectivity index (χ2v) is 4.43. The maximum Gasteiger partial charge on any atom is 0.317 e. The molecule has 1 atom stereocenters. The van der Waals surface area contributed by atoms with Crippen molar-refractivity contribution in [3.63, 3.8) is 0 Å². The Bertz CT molecular complexity index is 341. The first kappa shape index (κ1) is 12.2. The molecule has 1 aromatic rings. The van der Waals surface area contributed by atoms with Crippen molar-refractivity contribution in [2.45, 2.75) is 24.1 Å². The zero-order valence-electron chi connectivity index (χ0n) is 8.12. The average molecular weight is 275 g/mol. The number of halogens is 2. The summed E-state index contributed by atoms with van der Waals surface area (Å²) in [6.45, 7) is 0. The van der Waals surface area contributed by atoms with Gasteiger partial charge in [-0.1, -0.05) is 28.1 Å². The molecule has 0 saturated heterocycles. The highest BCUT2D eigenvalue weighted by molar-refractivity contribution is 9.10. The maximum absolute atomic E-state index is 12.8. The number of aryl methyl sites for hydroxylation is 1. The molecule has 1 N–H and O–H groups in total. The molecule has 0 fully saturated rings. The van der Waals surface area contributed by atoms with Gasteiger partial charge in [0.05, 0.1) is 0 Å². The molecule has 0 amide bonds. The summed E-state index contributed by atoms with van der Waals surface area (Å²) < 4.78 is 12.8. The van der Waals surface area contributed by atoms with E-state index in [2.05, 4.69) is 15.9 Å². The molecule has 0 aromatic heterocycles. The van der Waals surface area contributed by atoms with E-state index >= 15 is 0 Å². The molecule has 82 valence electrons. The lowest BCUT2D eigenvalue weighted by atomic mass is 10.1. The van der Waals surface area contributed by atoms with Crippen LogP contribution in [0.5, 0.6) is 0 Å². The summed E-state index contributed by atoms with van der Waals surface area (Å²) in [5, 5.41) is 8.62. The molecule has 0 heterocycles. The zero-order chi connectivity index (χ0) is 11.3. The summed E-state index contributed by atoms with van der Waals surface area (Å²) in [5.41, 5.74) is 0.903. The number of aliphatic carboxylic acids is 1. The van der Waals surface area contributed by atoms with Crippen LogP contribution in [0.2, 0.25) is 0 Å². The van der Waals surface area contributed by atoms with Crippen LogP contribution in [-0.2, 0) is 11.2 Å². The van der Waals surface area contributed by atoms with Crippen molar-refractivity contribution in [1.29, 1.82) is 0 Å². The molecule has 0 aliphatic carbocycles. The topological polar surface area (TPSA) is 37.3 Å². The first-order chi connectivity index (χ1) is 7.09. The summed E-state index contributed by atoms with van der Waals surface area (Å²) in [4.78, 5) is 9.98. The van der Waals surface area contributed by atoms with E-state index in [0.29, 0.717) is 12.8 Å². The molecular formula is C11H12BrFO2. The zero-order valence-corrected chi connectivity index (χ0v) is 9.71. The van der Waals surface area contributed by atoms with Crippen LogP contribution in [0.15, 0.2) is 24.3 Å². The van der Waals surface area contributed by atoms with Crippen molar-refractivity contribution in [1.82, 2.24) is 0 Å². The van der Waals surface area contributed by atoms with Gasteiger partial charge in [0.2, 0.25) is 0 Å². The predicted octanol–water partition coefficient (Wildman–Crippen LogP) is 3.00. The third kappa shape index (κ3) is 4.42. The van der Waals surface area contributed by atoms with E-state index in [4.69, 9.17) is 5.11 Å². The minimum atomic E-state index is -0.853. The van der Waals surface area contributed by atoms with E-state index in [9.17, 15) is 9.18 Å². The highest BCUT2D eigenvalue weighted by atomic mass is 79.9. The summed E-state index contributed by atoms with van der Waals surface area (Å²) >= 11 is 3.06. The molecule has 4 heteroatoms. The van der Waals surface area contributed by atoms with E-state index in [1.165, 1.54) is 12.1 Å². The van der Waals surface area contributed by atoms with E-state index in [0.717, 1.165) is 12.0 Å². The Morgan fingerprint density at radius 1 is 1.53 bits per heavy atom. The van der Waals surface area contributed by atoms with Crippen LogP contribution in [0, 0.1) is 5.82 Å². The third-order valence-corrected chi connectivity index (χ3v) is 2.93. The Kier molecular flexibility index (Phi) is 4.75. The van der Waals surface area contributed by atoms with Gasteiger partial charge in [0, 0.05) is 0 Å². The number of alkyl halides is 1. The number of hydrogen-bond donors (Lipinski definition) is 1. The molecule has 0 bridgehead atoms. The van der Waals surface area contributed by atoms with Crippen molar-refractivity contribution in [2.75, 3.05) is 0 Å². The Morgan fingerprint density at radius 3 is 2.87 bits per heavy atom. The summed E-state index contributed by atoms with van der Waals surface area (Å²) in [6.07, 6.45) is 1.98. The van der Waals surface area contributed by atoms with Crippen molar-refractivity contribution < 1.29 is 14.3 Å². The van der Waals surface area contributed by atoms with Crippen LogP contribution >= 0.6 is 15.9 Å². The number of carboxylic acids is 1. The van der Waals surface area contributed by atoms with E-state index in [-0.39, 0.29) is 5.82 Å². The Hall–Kier alpha value is -0.900. The number of rotatable bonds is 5. The molecule has 15 heavy (non-hydrogen) atoms. The van der Waals surface area contributed by atoms with Crippen molar-refractivity contribution in [3.8, 4) is 0 Å². The van der Waals surface area contributed by atoms with Crippen LogP contribution in [0.25, 0.3) is 0 Å². The van der Waals surface area contributed by atoms with Gasteiger partial charge in [-0.15, -0.1) is 0 Å². The van der Waals surface area contributed by atoms with Crippen LogP contribution in [0.3, 0.4) is 0 Å². The lowest BCUT2D eigenvalue weighted by molar-refractivity contribution is -0.136. The molecule has 0 aliphatic rings. The quantitative estimate of drug-likeness (QED) is 0.839. The summed E-state index contributed by atoms with van der Waals surface area (Å²) in [6, 6.07) is 6.37. The second-order valence-electron chi connectivity index (χ2n) is 3.33. The van der Waals surface area contributed by atoms with E-state index < -0.39 is 10.8 Å². The van der Waals surface area contributed by atoms with Gasteiger partial charge in [-0.25, -0.2) is 4.39 Å². The first-order valence-corrected chi connectivity index (χ1v) is 5.62. The fourth-order valence-electron chi connectivity index (χ4n) is 1.30.